The number of nitrogens with one attached hydrogen (secondary N) is 2. The highest BCUT2D eigenvalue weighted by Gasteiger charge is 2.31. The number of rotatable bonds is 8. The number of aromatic nitrogens is 2. The van der Waals surface area contributed by atoms with Crippen LogP contribution in [-0.4, -0.2) is 49.1 Å². The number of ether oxygens (including phenoxy) is 1. The summed E-state index contributed by atoms with van der Waals surface area (Å²) < 4.78 is 41.2. The predicted octanol–water partition coefficient (Wildman–Crippen LogP) is 5.15. The molecule has 0 amide bonds. The van der Waals surface area contributed by atoms with Crippen LogP contribution in [0.15, 0.2) is 48.5 Å². The van der Waals surface area contributed by atoms with Crippen LogP contribution in [-0.2, 0) is 6.42 Å². The van der Waals surface area contributed by atoms with Gasteiger partial charge < -0.3 is 20.3 Å². The lowest BCUT2D eigenvalue weighted by atomic mass is 9.91. The number of hydrogen-bond donors (Lipinski definition) is 2. The number of anilines is 2. The second-order valence-electron chi connectivity index (χ2n) is 8.87. The van der Waals surface area contributed by atoms with Gasteiger partial charge in [0.05, 0.1) is 5.52 Å². The average molecular weight is 474 g/mol. The van der Waals surface area contributed by atoms with Crippen molar-refractivity contribution in [3.63, 3.8) is 0 Å². The molecular weight excluding hydrogens is 443 g/mol. The molecule has 0 bridgehead atoms. The van der Waals surface area contributed by atoms with Gasteiger partial charge in [0.25, 0.3) is 0 Å². The van der Waals surface area contributed by atoms with E-state index in [1.165, 1.54) is 12.1 Å². The molecule has 0 radical (unpaired) electrons. The Bertz CT molecular complexity index is 1100. The van der Waals surface area contributed by atoms with Gasteiger partial charge in [-0.25, -0.2) is 4.98 Å². The summed E-state index contributed by atoms with van der Waals surface area (Å²) in [7, 11) is 3.96. The van der Waals surface area contributed by atoms with Crippen LogP contribution in [0.4, 0.5) is 24.9 Å². The highest BCUT2D eigenvalue weighted by molar-refractivity contribution is 5.90. The van der Waals surface area contributed by atoms with E-state index in [0.717, 1.165) is 48.0 Å². The van der Waals surface area contributed by atoms with E-state index in [0.29, 0.717) is 31.0 Å². The van der Waals surface area contributed by atoms with Crippen molar-refractivity contribution in [1.29, 1.82) is 0 Å². The zero-order valence-corrected chi connectivity index (χ0v) is 19.4. The van der Waals surface area contributed by atoms with Gasteiger partial charge in [-0.05, 0) is 68.5 Å². The number of para-hydroxylation sites is 1. The summed E-state index contributed by atoms with van der Waals surface area (Å²) in [6.45, 7) is 0.707. The van der Waals surface area contributed by atoms with Crippen molar-refractivity contribution in [2.45, 2.75) is 50.6 Å². The quantitative estimate of drug-likeness (QED) is 0.472. The van der Waals surface area contributed by atoms with Gasteiger partial charge >= 0.3 is 6.36 Å². The molecule has 2 aromatic carbocycles. The van der Waals surface area contributed by atoms with Gasteiger partial charge in [-0.3, -0.25) is 0 Å². The fraction of sp³-hybridized carbons (Fsp3) is 0.440. The molecule has 1 aliphatic rings. The van der Waals surface area contributed by atoms with Crippen LogP contribution in [0.1, 0.15) is 31.2 Å². The Labute approximate surface area is 197 Å². The molecule has 3 aromatic rings. The normalized spacial score (nSPS) is 18.6. The van der Waals surface area contributed by atoms with Crippen molar-refractivity contribution < 1.29 is 17.9 Å². The van der Waals surface area contributed by atoms with Gasteiger partial charge in [-0.1, -0.05) is 24.3 Å². The molecule has 0 spiro atoms. The van der Waals surface area contributed by atoms with Gasteiger partial charge in [-0.15, -0.1) is 13.2 Å². The minimum atomic E-state index is -4.67. The molecule has 1 heterocycles. The first-order valence-corrected chi connectivity index (χ1v) is 11.6. The summed E-state index contributed by atoms with van der Waals surface area (Å²) in [4.78, 5) is 11.4. The van der Waals surface area contributed by atoms with E-state index >= 15 is 0 Å². The predicted molar refractivity (Wildman–Crippen MR) is 128 cm³/mol. The largest absolute Gasteiger partial charge is 0.573 e. The summed E-state index contributed by atoms with van der Waals surface area (Å²) in [6, 6.07) is 14.9. The summed E-state index contributed by atoms with van der Waals surface area (Å²) >= 11 is 0. The van der Waals surface area contributed by atoms with Crippen LogP contribution in [0, 0.1) is 0 Å². The first-order valence-electron chi connectivity index (χ1n) is 11.6. The fourth-order valence-electron chi connectivity index (χ4n) is 4.41. The SMILES string of the molecule is CN(C)c1nc(N[C@H]2CC[C@@H](NCCc3cccc(OC(F)(F)F)c3)CC2)nc2ccccc12. The molecule has 4 rings (SSSR count). The molecule has 6 nitrogen and oxygen atoms in total. The van der Waals surface area contributed by atoms with Crippen molar-refractivity contribution in [1.82, 2.24) is 15.3 Å². The van der Waals surface area contributed by atoms with Crippen LogP contribution < -0.4 is 20.3 Å². The smallest absolute Gasteiger partial charge is 0.406 e. The molecule has 0 atom stereocenters. The van der Waals surface area contributed by atoms with E-state index in [4.69, 9.17) is 9.97 Å². The topological polar surface area (TPSA) is 62.3 Å². The minimum Gasteiger partial charge on any atom is -0.406 e. The molecule has 2 N–H and O–H groups in total. The van der Waals surface area contributed by atoms with Crippen molar-refractivity contribution in [2.75, 3.05) is 30.9 Å². The Balaban J connectivity index is 1.26. The Morgan fingerprint density at radius 2 is 1.71 bits per heavy atom. The van der Waals surface area contributed by atoms with Crippen molar-refractivity contribution in [3.05, 3.63) is 54.1 Å². The van der Waals surface area contributed by atoms with Crippen molar-refractivity contribution >= 4 is 22.7 Å². The molecule has 0 saturated heterocycles. The third kappa shape index (κ3) is 6.50. The first-order chi connectivity index (χ1) is 16.3. The lowest BCUT2D eigenvalue weighted by Gasteiger charge is -2.30. The Morgan fingerprint density at radius 3 is 2.44 bits per heavy atom. The van der Waals surface area contributed by atoms with Gasteiger partial charge in [0, 0.05) is 31.6 Å². The Morgan fingerprint density at radius 1 is 0.971 bits per heavy atom. The lowest BCUT2D eigenvalue weighted by molar-refractivity contribution is -0.274. The van der Waals surface area contributed by atoms with E-state index in [2.05, 4.69) is 15.4 Å². The Hall–Kier alpha value is -3.07. The lowest BCUT2D eigenvalue weighted by Crippen LogP contribution is -2.38. The zero-order chi connectivity index (χ0) is 24.1. The average Bonchev–Trinajstić information content (AvgIpc) is 2.79. The van der Waals surface area contributed by atoms with Crippen LogP contribution in [0.25, 0.3) is 10.9 Å². The van der Waals surface area contributed by atoms with E-state index in [-0.39, 0.29) is 5.75 Å². The zero-order valence-electron chi connectivity index (χ0n) is 19.4. The Kier molecular flexibility index (Phi) is 7.41. The molecule has 1 fully saturated rings. The number of alkyl halides is 3. The molecular formula is C25H30F3N5O. The van der Waals surface area contributed by atoms with Crippen LogP contribution in [0.2, 0.25) is 0 Å². The third-order valence-corrected chi connectivity index (χ3v) is 6.05. The molecule has 1 aromatic heterocycles. The summed E-state index contributed by atoms with van der Waals surface area (Å²) in [5.41, 5.74) is 1.73. The number of fused-ring (bicyclic) bond motifs is 1. The minimum absolute atomic E-state index is 0.176. The van der Waals surface area contributed by atoms with Crippen LogP contribution in [0.5, 0.6) is 5.75 Å². The molecule has 1 saturated carbocycles. The second-order valence-corrected chi connectivity index (χ2v) is 8.87. The third-order valence-electron chi connectivity index (χ3n) is 6.05. The molecule has 1 aliphatic carbocycles. The van der Waals surface area contributed by atoms with Gasteiger partial charge in [0.1, 0.15) is 11.6 Å². The van der Waals surface area contributed by atoms with Gasteiger partial charge in [0.15, 0.2) is 0 Å². The number of nitrogens with zero attached hydrogens (tertiary/aromatic N) is 3. The van der Waals surface area contributed by atoms with Crippen molar-refractivity contribution in [2.24, 2.45) is 0 Å². The standard InChI is InChI=1S/C25H30F3N5O/c1-33(2)23-21-8-3-4-9-22(21)31-24(32-23)30-19-12-10-18(11-13-19)29-15-14-17-6-5-7-20(16-17)34-25(26,27)28/h3-9,16,18-19,29H,10-15H2,1-2H3,(H,30,31,32)/t18-,19+. The molecule has 0 aliphatic heterocycles. The second kappa shape index (κ2) is 10.5. The maximum Gasteiger partial charge on any atom is 0.573 e. The van der Waals surface area contributed by atoms with E-state index in [9.17, 15) is 13.2 Å². The highest BCUT2D eigenvalue weighted by Crippen LogP contribution is 2.27. The fourth-order valence-corrected chi connectivity index (χ4v) is 4.41. The number of benzene rings is 2. The number of halogens is 3. The van der Waals surface area contributed by atoms with Gasteiger partial charge in [-0.2, -0.15) is 4.98 Å². The molecule has 0 unspecified atom stereocenters. The molecule has 34 heavy (non-hydrogen) atoms. The molecule has 182 valence electrons. The summed E-state index contributed by atoms with van der Waals surface area (Å²) in [6.07, 6.45) is 0.00702. The van der Waals surface area contributed by atoms with Crippen LogP contribution >= 0.6 is 0 Å². The maximum atomic E-state index is 12.4. The first kappa shape index (κ1) is 24.1. The maximum absolute atomic E-state index is 12.4. The van der Waals surface area contributed by atoms with E-state index in [1.807, 2.05) is 49.3 Å². The summed E-state index contributed by atoms with van der Waals surface area (Å²) in [5, 5.41) is 8.08. The van der Waals surface area contributed by atoms with E-state index in [1.54, 1.807) is 6.07 Å². The van der Waals surface area contributed by atoms with Crippen LogP contribution in [0.3, 0.4) is 0 Å². The van der Waals surface area contributed by atoms with Gasteiger partial charge in [0.2, 0.25) is 5.95 Å². The number of hydrogen-bond acceptors (Lipinski definition) is 6. The monoisotopic (exact) mass is 473 g/mol. The summed E-state index contributed by atoms with van der Waals surface area (Å²) in [5.74, 6) is 1.37. The highest BCUT2D eigenvalue weighted by atomic mass is 19.4. The van der Waals surface area contributed by atoms with Crippen molar-refractivity contribution in [3.8, 4) is 5.75 Å². The molecule has 9 heteroatoms. The van der Waals surface area contributed by atoms with E-state index < -0.39 is 6.36 Å².